The monoisotopic (exact) mass is 496 g/mol. The van der Waals surface area contributed by atoms with Crippen LogP contribution in [0.1, 0.15) is 52.4 Å². The predicted molar refractivity (Wildman–Crippen MR) is 115 cm³/mol. The van der Waals surface area contributed by atoms with E-state index in [0.29, 0.717) is 17.8 Å². The van der Waals surface area contributed by atoms with Gasteiger partial charge in [0.25, 0.3) is 5.91 Å². The lowest BCUT2D eigenvalue weighted by molar-refractivity contribution is -0.145. The molecule has 0 bridgehead atoms. The standard InChI is InChI=1S/C22H20F4N4O3S/c1-11-7-27-19(34-11)16-6-14(33-21(10-31)3-4-21)5-15(17(16)23)18(32)30-12(2)13-8-28-20(29-9-13)22(24,25)26/h5-9,12,31H,3-4,10H2,1-2H3,(H,30,32)/t12-/m1/s1. The van der Waals surface area contributed by atoms with Gasteiger partial charge in [0.05, 0.1) is 23.8 Å². The Labute approximate surface area is 195 Å². The molecule has 2 N–H and O–H groups in total. The molecule has 0 saturated heterocycles. The Morgan fingerprint density at radius 3 is 2.44 bits per heavy atom. The summed E-state index contributed by atoms with van der Waals surface area (Å²) in [6.45, 7) is 3.10. The summed E-state index contributed by atoms with van der Waals surface area (Å²) in [6.07, 6.45) is 0.0529. The summed E-state index contributed by atoms with van der Waals surface area (Å²) in [5.74, 6) is -2.72. The minimum Gasteiger partial charge on any atom is -0.485 e. The first-order chi connectivity index (χ1) is 16.0. The molecule has 7 nitrogen and oxygen atoms in total. The normalized spacial score (nSPS) is 15.6. The molecule has 1 aliphatic carbocycles. The number of halogens is 4. The van der Waals surface area contributed by atoms with Crippen molar-refractivity contribution in [2.24, 2.45) is 0 Å². The number of hydrogen-bond acceptors (Lipinski definition) is 7. The zero-order valence-corrected chi connectivity index (χ0v) is 18.9. The molecule has 1 aliphatic rings. The van der Waals surface area contributed by atoms with Crippen molar-refractivity contribution in [3.63, 3.8) is 0 Å². The number of alkyl halides is 3. The minimum atomic E-state index is -4.69. The molecule has 2 aromatic heterocycles. The molecule has 3 aromatic rings. The number of amides is 1. The van der Waals surface area contributed by atoms with Crippen molar-refractivity contribution in [3.8, 4) is 16.3 Å². The van der Waals surface area contributed by atoms with E-state index in [1.807, 2.05) is 6.92 Å². The molecule has 4 rings (SSSR count). The lowest BCUT2D eigenvalue weighted by atomic mass is 10.1. The van der Waals surface area contributed by atoms with Gasteiger partial charge in [0.1, 0.15) is 22.2 Å². The fourth-order valence-electron chi connectivity index (χ4n) is 3.20. The Morgan fingerprint density at radius 1 is 1.24 bits per heavy atom. The average Bonchev–Trinajstić information content (AvgIpc) is 3.44. The van der Waals surface area contributed by atoms with E-state index in [2.05, 4.69) is 20.3 Å². The second kappa shape index (κ2) is 8.91. The van der Waals surface area contributed by atoms with Crippen molar-refractivity contribution in [2.45, 2.75) is 44.5 Å². The maximum absolute atomic E-state index is 15.4. The fourth-order valence-corrected chi connectivity index (χ4v) is 3.98. The highest BCUT2D eigenvalue weighted by atomic mass is 32.1. The number of carbonyl (C=O) groups excluding carboxylic acids is 1. The molecule has 1 aromatic carbocycles. The molecule has 1 atom stereocenters. The number of ether oxygens (including phenoxy) is 1. The predicted octanol–water partition coefficient (Wildman–Crippen LogP) is 4.46. The number of rotatable bonds is 7. The smallest absolute Gasteiger partial charge is 0.451 e. The number of aliphatic hydroxyl groups is 1. The zero-order chi connectivity index (χ0) is 24.7. The van der Waals surface area contributed by atoms with E-state index < -0.39 is 35.4 Å². The number of thiazole rings is 1. The van der Waals surface area contributed by atoms with Crippen molar-refractivity contribution >= 4 is 17.2 Å². The Balaban J connectivity index is 1.63. The van der Waals surface area contributed by atoms with Gasteiger partial charge in [0, 0.05) is 29.0 Å². The van der Waals surface area contributed by atoms with Gasteiger partial charge in [-0.05, 0) is 38.8 Å². The summed E-state index contributed by atoms with van der Waals surface area (Å²) in [6, 6.07) is 1.87. The first-order valence-electron chi connectivity index (χ1n) is 10.3. The van der Waals surface area contributed by atoms with E-state index in [9.17, 15) is 23.1 Å². The Morgan fingerprint density at radius 2 is 1.91 bits per heavy atom. The highest BCUT2D eigenvalue weighted by Gasteiger charge is 2.45. The van der Waals surface area contributed by atoms with Crippen LogP contribution in [0, 0.1) is 12.7 Å². The highest BCUT2D eigenvalue weighted by molar-refractivity contribution is 7.14. The number of hydrogen-bond donors (Lipinski definition) is 2. The van der Waals surface area contributed by atoms with Crippen molar-refractivity contribution < 1.29 is 32.2 Å². The third-order valence-corrected chi connectivity index (χ3v) is 6.29. The third kappa shape index (κ3) is 5.02. The van der Waals surface area contributed by atoms with Gasteiger partial charge in [-0.3, -0.25) is 4.79 Å². The lowest BCUT2D eigenvalue weighted by Crippen LogP contribution is -2.28. The largest absolute Gasteiger partial charge is 0.485 e. The number of carbonyl (C=O) groups is 1. The van der Waals surface area contributed by atoms with Crippen LogP contribution in [0.5, 0.6) is 5.75 Å². The van der Waals surface area contributed by atoms with Crippen LogP contribution in [0.15, 0.2) is 30.7 Å². The maximum Gasteiger partial charge on any atom is 0.451 e. The molecule has 34 heavy (non-hydrogen) atoms. The van der Waals surface area contributed by atoms with Crippen molar-refractivity contribution in [2.75, 3.05) is 6.61 Å². The quantitative estimate of drug-likeness (QED) is 0.469. The molecule has 0 radical (unpaired) electrons. The molecule has 1 amide bonds. The molecular formula is C22H20F4N4O3S. The van der Waals surface area contributed by atoms with Crippen LogP contribution in [0.3, 0.4) is 0 Å². The number of aryl methyl sites for hydroxylation is 1. The van der Waals surface area contributed by atoms with E-state index >= 15 is 4.39 Å². The minimum absolute atomic E-state index is 0.0695. The van der Waals surface area contributed by atoms with Crippen molar-refractivity contribution in [1.29, 1.82) is 0 Å². The van der Waals surface area contributed by atoms with E-state index in [-0.39, 0.29) is 29.0 Å². The van der Waals surface area contributed by atoms with Crippen LogP contribution in [0.4, 0.5) is 17.6 Å². The van der Waals surface area contributed by atoms with Crippen molar-refractivity contribution in [3.05, 3.63) is 58.4 Å². The Bertz CT molecular complexity index is 1210. The SMILES string of the molecule is Cc1cnc(-c2cc(OC3(CO)CC3)cc(C(=O)N[C@H](C)c3cnc(C(F)(F)F)nc3)c2F)s1. The topological polar surface area (TPSA) is 97.2 Å². The van der Waals surface area contributed by atoms with Gasteiger partial charge in [-0.15, -0.1) is 11.3 Å². The summed E-state index contributed by atoms with van der Waals surface area (Å²) in [4.78, 5) is 24.6. The van der Waals surface area contributed by atoms with Gasteiger partial charge >= 0.3 is 6.18 Å². The maximum atomic E-state index is 15.4. The first kappa shape index (κ1) is 24.0. The zero-order valence-electron chi connectivity index (χ0n) is 18.1. The molecule has 0 spiro atoms. The number of aliphatic hydroxyl groups excluding tert-OH is 1. The number of nitrogens with zero attached hydrogens (tertiary/aromatic N) is 3. The second-order valence-corrected chi connectivity index (χ2v) is 9.32. The molecule has 12 heteroatoms. The van der Waals surface area contributed by atoms with E-state index in [1.165, 1.54) is 30.4 Å². The summed E-state index contributed by atoms with van der Waals surface area (Å²) < 4.78 is 59.4. The van der Waals surface area contributed by atoms with Crippen LogP contribution in [-0.2, 0) is 6.18 Å². The van der Waals surface area contributed by atoms with Crippen LogP contribution >= 0.6 is 11.3 Å². The summed E-state index contributed by atoms with van der Waals surface area (Å²) in [5, 5.41) is 12.5. The molecule has 0 aliphatic heterocycles. The van der Waals surface area contributed by atoms with Gasteiger partial charge in [-0.2, -0.15) is 13.2 Å². The van der Waals surface area contributed by atoms with Gasteiger partial charge in [0.2, 0.25) is 5.82 Å². The van der Waals surface area contributed by atoms with Crippen LogP contribution in [0.2, 0.25) is 0 Å². The number of benzene rings is 1. The summed E-state index contributed by atoms with van der Waals surface area (Å²) in [5.41, 5.74) is -0.803. The molecule has 1 saturated carbocycles. The molecular weight excluding hydrogens is 476 g/mol. The summed E-state index contributed by atoms with van der Waals surface area (Å²) in [7, 11) is 0. The van der Waals surface area contributed by atoms with Crippen LogP contribution in [0.25, 0.3) is 10.6 Å². The van der Waals surface area contributed by atoms with E-state index in [0.717, 1.165) is 17.3 Å². The molecule has 0 unspecified atom stereocenters. The van der Waals surface area contributed by atoms with Crippen molar-refractivity contribution in [1.82, 2.24) is 20.3 Å². The summed E-state index contributed by atoms with van der Waals surface area (Å²) >= 11 is 1.24. The molecule has 180 valence electrons. The highest BCUT2D eigenvalue weighted by Crippen LogP contribution is 2.42. The third-order valence-electron chi connectivity index (χ3n) is 5.35. The number of aromatic nitrogens is 3. The second-order valence-electron chi connectivity index (χ2n) is 8.08. The Hall–Kier alpha value is -3.12. The van der Waals surface area contributed by atoms with Gasteiger partial charge < -0.3 is 15.2 Å². The Kier molecular flexibility index (Phi) is 6.30. The van der Waals surface area contributed by atoms with Gasteiger partial charge in [-0.1, -0.05) is 0 Å². The first-order valence-corrected chi connectivity index (χ1v) is 11.1. The van der Waals surface area contributed by atoms with Crippen LogP contribution in [-0.4, -0.2) is 38.2 Å². The molecule has 1 fully saturated rings. The lowest BCUT2D eigenvalue weighted by Gasteiger charge is -2.19. The number of nitrogens with one attached hydrogen (secondary N) is 1. The average molecular weight is 496 g/mol. The fraction of sp³-hybridized carbons (Fsp3) is 0.364. The van der Waals surface area contributed by atoms with E-state index in [4.69, 9.17) is 4.74 Å². The van der Waals surface area contributed by atoms with E-state index in [1.54, 1.807) is 6.20 Å². The van der Waals surface area contributed by atoms with Crippen LogP contribution < -0.4 is 10.1 Å². The van der Waals surface area contributed by atoms with Gasteiger partial charge in [0.15, 0.2) is 0 Å². The van der Waals surface area contributed by atoms with Gasteiger partial charge in [-0.25, -0.2) is 19.3 Å². The molecule has 2 heterocycles.